The monoisotopic (exact) mass is 404 g/mol. The van der Waals surface area contributed by atoms with Crippen LogP contribution < -0.4 is 0 Å². The number of esters is 1. The first kappa shape index (κ1) is 21.3. The van der Waals surface area contributed by atoms with Gasteiger partial charge in [-0.15, -0.1) is 0 Å². The Kier molecular flexibility index (Phi) is 5.63. The number of carbonyl (C=O) groups excluding carboxylic acids is 2. The molecule has 164 valence electrons. The minimum Gasteiger partial charge on any atom is -0.467 e. The van der Waals surface area contributed by atoms with Crippen LogP contribution in [0, 0.1) is 46.3 Å². The van der Waals surface area contributed by atoms with Crippen molar-refractivity contribution in [3.8, 4) is 0 Å². The largest absolute Gasteiger partial charge is 0.467 e. The Morgan fingerprint density at radius 2 is 1.83 bits per heavy atom. The Bertz CT molecular complexity index is 659. The lowest BCUT2D eigenvalue weighted by atomic mass is 9.44. The van der Waals surface area contributed by atoms with Crippen molar-refractivity contribution in [3.63, 3.8) is 0 Å². The lowest BCUT2D eigenvalue weighted by molar-refractivity contribution is -0.157. The van der Waals surface area contributed by atoms with Crippen LogP contribution in [-0.4, -0.2) is 30.1 Å². The third-order valence-corrected chi connectivity index (χ3v) is 10.2. The first-order valence-corrected chi connectivity index (χ1v) is 12.0. The van der Waals surface area contributed by atoms with Gasteiger partial charge in [-0.05, 0) is 85.4 Å². The Hall–Kier alpha value is -0.900. The summed E-state index contributed by atoms with van der Waals surface area (Å²) in [7, 11) is 1.33. The summed E-state index contributed by atoms with van der Waals surface area (Å²) < 4.78 is 4.72. The number of ether oxygens (including phenoxy) is 1. The van der Waals surface area contributed by atoms with Crippen molar-refractivity contribution in [2.75, 3.05) is 7.11 Å². The molecule has 4 fully saturated rings. The normalized spacial score (nSPS) is 46.2. The quantitative estimate of drug-likeness (QED) is 0.685. The van der Waals surface area contributed by atoms with Crippen LogP contribution in [0.25, 0.3) is 0 Å². The third kappa shape index (κ3) is 3.28. The van der Waals surface area contributed by atoms with E-state index in [0.717, 1.165) is 19.3 Å². The molecule has 4 nitrogen and oxygen atoms in total. The van der Waals surface area contributed by atoms with Crippen LogP contribution in [0.5, 0.6) is 0 Å². The highest BCUT2D eigenvalue weighted by Crippen LogP contribution is 2.67. The van der Waals surface area contributed by atoms with Gasteiger partial charge in [0.2, 0.25) is 0 Å². The fraction of sp³-hybridized carbons (Fsp3) is 0.920. The maximum Gasteiger partial charge on any atom is 0.334 e. The van der Waals surface area contributed by atoms with E-state index < -0.39 is 12.1 Å². The van der Waals surface area contributed by atoms with Crippen molar-refractivity contribution in [3.05, 3.63) is 0 Å². The number of hydrogen-bond acceptors (Lipinski definition) is 4. The summed E-state index contributed by atoms with van der Waals surface area (Å²) in [6, 6.07) is 0. The molecule has 0 saturated heterocycles. The fourth-order valence-electron chi connectivity index (χ4n) is 8.69. The van der Waals surface area contributed by atoms with Crippen LogP contribution in [-0.2, 0) is 14.3 Å². The van der Waals surface area contributed by atoms with Crippen molar-refractivity contribution in [2.45, 2.75) is 91.1 Å². The van der Waals surface area contributed by atoms with Gasteiger partial charge in [-0.25, -0.2) is 4.79 Å². The van der Waals surface area contributed by atoms with Gasteiger partial charge in [0, 0.05) is 12.3 Å². The standard InChI is InChI=1S/C25H40O4/c1-15(13-21(27)23(28)29-4)17-8-9-18-22-19(10-12-25(17,18)3)24(2)11-6-5-7-16(24)14-20(22)26/h15-19,21-22,27H,5-14H2,1-4H3/t15-,16+,17-,18+,19+,21?,22+,24+,25-/m1/s1. The lowest BCUT2D eigenvalue weighted by Crippen LogP contribution is -2.56. The van der Waals surface area contributed by atoms with Crippen LogP contribution in [0.3, 0.4) is 0 Å². The summed E-state index contributed by atoms with van der Waals surface area (Å²) in [4.78, 5) is 25.1. The molecule has 0 bridgehead atoms. The molecule has 0 heterocycles. The van der Waals surface area contributed by atoms with E-state index in [4.69, 9.17) is 4.74 Å². The van der Waals surface area contributed by atoms with Gasteiger partial charge in [0.25, 0.3) is 0 Å². The number of carbonyl (C=O) groups is 2. The van der Waals surface area contributed by atoms with Gasteiger partial charge in [-0.3, -0.25) is 4.79 Å². The van der Waals surface area contributed by atoms with E-state index in [9.17, 15) is 14.7 Å². The molecule has 0 aromatic carbocycles. The fourth-order valence-corrected chi connectivity index (χ4v) is 8.69. The Balaban J connectivity index is 1.54. The predicted molar refractivity (Wildman–Crippen MR) is 112 cm³/mol. The van der Waals surface area contributed by atoms with E-state index in [-0.39, 0.29) is 17.3 Å². The molecule has 4 heteroatoms. The number of rotatable bonds is 4. The highest BCUT2D eigenvalue weighted by molar-refractivity contribution is 5.83. The number of Topliss-reactive ketones (excluding diaryl/α,β-unsaturated/α-hetero) is 1. The maximum atomic E-state index is 13.4. The van der Waals surface area contributed by atoms with Gasteiger partial charge in [0.1, 0.15) is 5.78 Å². The minimum atomic E-state index is -1.03. The van der Waals surface area contributed by atoms with Gasteiger partial charge in [-0.1, -0.05) is 33.6 Å². The molecule has 0 aliphatic heterocycles. The van der Waals surface area contributed by atoms with Crippen molar-refractivity contribution >= 4 is 11.8 Å². The maximum absolute atomic E-state index is 13.4. The molecule has 0 aromatic rings. The second-order valence-corrected chi connectivity index (χ2v) is 11.3. The number of aliphatic hydroxyl groups excluding tert-OH is 1. The summed E-state index contributed by atoms with van der Waals surface area (Å²) in [6.45, 7) is 7.10. The molecule has 4 aliphatic rings. The zero-order valence-corrected chi connectivity index (χ0v) is 18.8. The van der Waals surface area contributed by atoms with Gasteiger partial charge in [-0.2, -0.15) is 0 Å². The third-order valence-electron chi connectivity index (χ3n) is 10.2. The molecular weight excluding hydrogens is 364 g/mol. The summed E-state index contributed by atoms with van der Waals surface area (Å²) >= 11 is 0. The Labute approximate surface area is 176 Å². The van der Waals surface area contributed by atoms with Crippen LogP contribution in [0.2, 0.25) is 0 Å². The smallest absolute Gasteiger partial charge is 0.334 e. The van der Waals surface area contributed by atoms with Crippen molar-refractivity contribution in [1.82, 2.24) is 0 Å². The Morgan fingerprint density at radius 3 is 2.55 bits per heavy atom. The van der Waals surface area contributed by atoms with Crippen molar-refractivity contribution in [2.24, 2.45) is 46.3 Å². The molecule has 1 N–H and O–H groups in total. The molecule has 29 heavy (non-hydrogen) atoms. The second kappa shape index (κ2) is 7.66. The molecular formula is C25H40O4. The van der Waals surface area contributed by atoms with Gasteiger partial charge < -0.3 is 9.84 Å². The zero-order valence-electron chi connectivity index (χ0n) is 18.8. The van der Waals surface area contributed by atoms with Gasteiger partial charge in [0.05, 0.1) is 7.11 Å². The minimum absolute atomic E-state index is 0.157. The number of methoxy groups -OCH3 is 1. The number of fused-ring (bicyclic) bond motifs is 5. The topological polar surface area (TPSA) is 63.6 Å². The first-order chi connectivity index (χ1) is 13.7. The highest BCUT2D eigenvalue weighted by Gasteiger charge is 2.62. The van der Waals surface area contributed by atoms with Crippen molar-refractivity contribution < 1.29 is 19.4 Å². The van der Waals surface area contributed by atoms with Crippen LogP contribution in [0.15, 0.2) is 0 Å². The van der Waals surface area contributed by atoms with E-state index in [1.54, 1.807) is 0 Å². The predicted octanol–water partition coefficient (Wildman–Crippen LogP) is 4.77. The number of ketones is 1. The Morgan fingerprint density at radius 1 is 1.10 bits per heavy atom. The summed E-state index contributed by atoms with van der Waals surface area (Å²) in [5.41, 5.74) is 0.521. The number of hydrogen-bond donors (Lipinski definition) is 1. The molecule has 0 radical (unpaired) electrons. The van der Waals surface area contributed by atoms with E-state index in [1.165, 1.54) is 45.6 Å². The molecule has 0 aromatic heterocycles. The number of aliphatic hydroxyl groups is 1. The van der Waals surface area contributed by atoms with E-state index in [2.05, 4.69) is 20.8 Å². The van der Waals surface area contributed by atoms with E-state index in [0.29, 0.717) is 41.3 Å². The van der Waals surface area contributed by atoms with Crippen LogP contribution in [0.1, 0.15) is 85.0 Å². The summed E-state index contributed by atoms with van der Waals surface area (Å²) in [6.07, 6.45) is 10.0. The average Bonchev–Trinajstić information content (AvgIpc) is 3.04. The van der Waals surface area contributed by atoms with E-state index in [1.807, 2.05) is 0 Å². The molecule has 4 saturated carbocycles. The van der Waals surface area contributed by atoms with Crippen LogP contribution in [0.4, 0.5) is 0 Å². The second-order valence-electron chi connectivity index (χ2n) is 11.3. The molecule has 0 amide bonds. The molecule has 4 rings (SSSR count). The summed E-state index contributed by atoms with van der Waals surface area (Å²) in [5, 5.41) is 10.2. The first-order valence-electron chi connectivity index (χ1n) is 12.0. The van der Waals surface area contributed by atoms with Gasteiger partial charge >= 0.3 is 5.97 Å². The molecule has 4 aliphatic carbocycles. The van der Waals surface area contributed by atoms with Crippen LogP contribution >= 0.6 is 0 Å². The molecule has 1 unspecified atom stereocenters. The lowest BCUT2D eigenvalue weighted by Gasteiger charge is -2.60. The van der Waals surface area contributed by atoms with Gasteiger partial charge in [0.15, 0.2) is 6.10 Å². The average molecular weight is 405 g/mol. The molecule has 9 atom stereocenters. The van der Waals surface area contributed by atoms with Crippen molar-refractivity contribution in [1.29, 1.82) is 0 Å². The van der Waals surface area contributed by atoms with E-state index >= 15 is 0 Å². The zero-order chi connectivity index (χ0) is 21.0. The highest BCUT2D eigenvalue weighted by atomic mass is 16.5. The summed E-state index contributed by atoms with van der Waals surface area (Å²) in [5.74, 6) is 2.66. The SMILES string of the molecule is COC(=O)C(O)C[C@@H](C)[C@H]1CC[C@H]2[C@@H]3C(=O)C[C@@H]4CCCC[C@]4(C)[C@H]3CC[C@]12C. The molecule has 0 spiro atoms.